The molecule has 4 nitrogen and oxygen atoms in total. The molecule has 0 saturated carbocycles. The van der Waals surface area contributed by atoms with Crippen molar-refractivity contribution in [3.63, 3.8) is 0 Å². The molecular weight excluding hydrogens is 276 g/mol. The van der Waals surface area contributed by atoms with Crippen LogP contribution in [0.1, 0.15) is 0 Å². The quantitative estimate of drug-likeness (QED) is 0.786. The predicted octanol–water partition coefficient (Wildman–Crippen LogP) is 3.17. The summed E-state index contributed by atoms with van der Waals surface area (Å²) >= 11 is 0. The fourth-order valence-corrected chi connectivity index (χ4v) is 2.05. The van der Waals surface area contributed by atoms with E-state index in [9.17, 15) is 8.78 Å². The fraction of sp³-hybridized carbons (Fsp3) is 0.0667. The molecule has 0 radical (unpaired) electrons. The van der Waals surface area contributed by atoms with E-state index < -0.39 is 11.6 Å². The summed E-state index contributed by atoms with van der Waals surface area (Å²) in [5.74, 6) is -0.306. The average Bonchev–Trinajstić information content (AvgIpc) is 2.47. The minimum Gasteiger partial charge on any atom is -0.497 e. The highest BCUT2D eigenvalue weighted by Gasteiger charge is 2.12. The Hall–Kier alpha value is -2.76. The number of nitrogens with zero attached hydrogens (tertiary/aromatic N) is 2. The van der Waals surface area contributed by atoms with Crippen molar-refractivity contribution >= 4 is 16.7 Å². The molecule has 3 rings (SSSR count). The third-order valence-corrected chi connectivity index (χ3v) is 3.10. The highest BCUT2D eigenvalue weighted by Crippen LogP contribution is 2.27. The van der Waals surface area contributed by atoms with Gasteiger partial charge in [-0.2, -0.15) is 0 Å². The second-order valence-electron chi connectivity index (χ2n) is 4.44. The van der Waals surface area contributed by atoms with Crippen LogP contribution in [0.4, 0.5) is 14.6 Å². The minimum absolute atomic E-state index is 0.102. The van der Waals surface area contributed by atoms with Crippen molar-refractivity contribution in [3.8, 4) is 17.1 Å². The molecule has 0 aliphatic heterocycles. The number of methoxy groups -OCH3 is 1. The molecule has 0 fully saturated rings. The zero-order valence-electron chi connectivity index (χ0n) is 11.1. The van der Waals surface area contributed by atoms with Crippen LogP contribution in [0.2, 0.25) is 0 Å². The highest BCUT2D eigenvalue weighted by molar-refractivity contribution is 5.89. The lowest BCUT2D eigenvalue weighted by molar-refractivity contribution is 0.411. The first kappa shape index (κ1) is 13.2. The number of rotatable bonds is 2. The van der Waals surface area contributed by atoms with E-state index in [-0.39, 0.29) is 17.2 Å². The second-order valence-corrected chi connectivity index (χ2v) is 4.44. The molecule has 2 aromatic carbocycles. The Labute approximate surface area is 119 Å². The van der Waals surface area contributed by atoms with E-state index in [2.05, 4.69) is 9.97 Å². The summed E-state index contributed by atoms with van der Waals surface area (Å²) in [4.78, 5) is 8.27. The summed E-state index contributed by atoms with van der Waals surface area (Å²) in [5.41, 5.74) is 6.46. The summed E-state index contributed by atoms with van der Waals surface area (Å²) in [7, 11) is 1.45. The zero-order chi connectivity index (χ0) is 15.0. The van der Waals surface area contributed by atoms with Gasteiger partial charge >= 0.3 is 0 Å². The average molecular weight is 287 g/mol. The Morgan fingerprint density at radius 1 is 1.05 bits per heavy atom. The van der Waals surface area contributed by atoms with Gasteiger partial charge in [-0.25, -0.2) is 18.7 Å². The van der Waals surface area contributed by atoms with E-state index in [4.69, 9.17) is 10.5 Å². The molecule has 3 aromatic rings. The van der Waals surface area contributed by atoms with Crippen molar-refractivity contribution < 1.29 is 13.5 Å². The first-order chi connectivity index (χ1) is 10.1. The molecule has 0 aliphatic carbocycles. The van der Waals surface area contributed by atoms with E-state index in [1.807, 2.05) is 0 Å². The number of anilines is 1. The monoisotopic (exact) mass is 287 g/mol. The van der Waals surface area contributed by atoms with Gasteiger partial charge in [0, 0.05) is 11.5 Å². The molecule has 1 aromatic heterocycles. The van der Waals surface area contributed by atoms with Crippen LogP contribution >= 0.6 is 0 Å². The number of benzene rings is 2. The first-order valence-corrected chi connectivity index (χ1v) is 6.15. The Balaban J connectivity index is 2.19. The molecule has 0 aliphatic rings. The molecule has 0 spiro atoms. The van der Waals surface area contributed by atoms with Crippen molar-refractivity contribution in [3.05, 3.63) is 48.0 Å². The maximum atomic E-state index is 14.1. The third kappa shape index (κ3) is 2.35. The normalized spacial score (nSPS) is 10.8. The van der Waals surface area contributed by atoms with Crippen LogP contribution in [-0.4, -0.2) is 17.1 Å². The zero-order valence-corrected chi connectivity index (χ0v) is 11.1. The molecule has 0 saturated heterocycles. The standard InChI is InChI=1S/C15H11F2N3O/c1-21-9-3-4-10(12(17)7-9)15-19-13-5-2-8(16)6-11(13)14(18)20-15/h2-7H,1H3,(H2,18,19,20). The topological polar surface area (TPSA) is 61.0 Å². The molecular formula is C15H11F2N3O. The van der Waals surface area contributed by atoms with Crippen LogP contribution in [0.15, 0.2) is 36.4 Å². The molecule has 0 atom stereocenters. The first-order valence-electron chi connectivity index (χ1n) is 6.15. The number of nitrogen functional groups attached to an aromatic ring is 1. The highest BCUT2D eigenvalue weighted by atomic mass is 19.1. The number of ether oxygens (including phenoxy) is 1. The smallest absolute Gasteiger partial charge is 0.165 e. The van der Waals surface area contributed by atoms with Crippen LogP contribution in [0, 0.1) is 11.6 Å². The van der Waals surface area contributed by atoms with Crippen LogP contribution in [0.3, 0.4) is 0 Å². The Morgan fingerprint density at radius 3 is 2.57 bits per heavy atom. The van der Waals surface area contributed by atoms with Crippen LogP contribution < -0.4 is 10.5 Å². The lowest BCUT2D eigenvalue weighted by atomic mass is 10.1. The largest absolute Gasteiger partial charge is 0.497 e. The van der Waals surface area contributed by atoms with E-state index in [0.717, 1.165) is 0 Å². The van der Waals surface area contributed by atoms with E-state index in [1.54, 1.807) is 6.07 Å². The van der Waals surface area contributed by atoms with Gasteiger partial charge in [0.2, 0.25) is 0 Å². The van der Waals surface area contributed by atoms with Gasteiger partial charge in [-0.15, -0.1) is 0 Å². The van der Waals surface area contributed by atoms with Crippen molar-refractivity contribution in [2.45, 2.75) is 0 Å². The van der Waals surface area contributed by atoms with E-state index >= 15 is 0 Å². The fourth-order valence-electron chi connectivity index (χ4n) is 2.05. The number of halogens is 2. The lowest BCUT2D eigenvalue weighted by Crippen LogP contribution is -1.99. The van der Waals surface area contributed by atoms with Gasteiger partial charge in [-0.05, 0) is 30.3 Å². The van der Waals surface area contributed by atoms with Gasteiger partial charge in [0.1, 0.15) is 23.2 Å². The van der Waals surface area contributed by atoms with Crippen molar-refractivity contribution in [1.82, 2.24) is 9.97 Å². The van der Waals surface area contributed by atoms with Crippen LogP contribution in [-0.2, 0) is 0 Å². The summed E-state index contributed by atoms with van der Waals surface area (Å²) in [6.07, 6.45) is 0. The summed E-state index contributed by atoms with van der Waals surface area (Å²) < 4.78 is 32.2. The molecule has 106 valence electrons. The maximum Gasteiger partial charge on any atom is 0.165 e. The molecule has 0 unspecified atom stereocenters. The molecule has 2 N–H and O–H groups in total. The predicted molar refractivity (Wildman–Crippen MR) is 75.9 cm³/mol. The molecule has 0 bridgehead atoms. The van der Waals surface area contributed by atoms with Gasteiger partial charge in [-0.1, -0.05) is 0 Å². The maximum absolute atomic E-state index is 14.1. The number of hydrogen-bond donors (Lipinski definition) is 1. The number of nitrogens with two attached hydrogens (primary N) is 1. The van der Waals surface area contributed by atoms with Gasteiger partial charge in [-0.3, -0.25) is 0 Å². The lowest BCUT2D eigenvalue weighted by Gasteiger charge is -2.07. The van der Waals surface area contributed by atoms with Gasteiger partial charge < -0.3 is 10.5 Å². The third-order valence-electron chi connectivity index (χ3n) is 3.10. The second kappa shape index (κ2) is 4.97. The number of fused-ring (bicyclic) bond motifs is 1. The summed E-state index contributed by atoms with van der Waals surface area (Å²) in [6, 6.07) is 8.35. The number of aromatic nitrogens is 2. The molecule has 1 heterocycles. The SMILES string of the molecule is COc1ccc(-c2nc(N)c3cc(F)ccc3n2)c(F)c1. The Morgan fingerprint density at radius 2 is 1.86 bits per heavy atom. The Kier molecular flexibility index (Phi) is 3.13. The number of hydrogen-bond acceptors (Lipinski definition) is 4. The van der Waals surface area contributed by atoms with E-state index in [1.165, 1.54) is 37.4 Å². The molecule has 0 amide bonds. The summed E-state index contributed by atoms with van der Waals surface area (Å²) in [6.45, 7) is 0. The van der Waals surface area contributed by atoms with Gasteiger partial charge in [0.05, 0.1) is 18.2 Å². The van der Waals surface area contributed by atoms with Crippen molar-refractivity contribution in [2.24, 2.45) is 0 Å². The Bertz CT molecular complexity index is 837. The molecule has 6 heteroatoms. The minimum atomic E-state index is -0.518. The van der Waals surface area contributed by atoms with Crippen LogP contribution in [0.25, 0.3) is 22.3 Å². The van der Waals surface area contributed by atoms with Crippen molar-refractivity contribution in [1.29, 1.82) is 0 Å². The van der Waals surface area contributed by atoms with Crippen molar-refractivity contribution in [2.75, 3.05) is 12.8 Å². The van der Waals surface area contributed by atoms with Crippen LogP contribution in [0.5, 0.6) is 5.75 Å². The molecule has 21 heavy (non-hydrogen) atoms. The summed E-state index contributed by atoms with van der Waals surface area (Å²) in [5, 5.41) is 0.396. The van der Waals surface area contributed by atoms with Gasteiger partial charge in [0.25, 0.3) is 0 Å². The van der Waals surface area contributed by atoms with Gasteiger partial charge in [0.15, 0.2) is 5.82 Å². The van der Waals surface area contributed by atoms with E-state index in [0.29, 0.717) is 16.7 Å².